The van der Waals surface area contributed by atoms with Crippen LogP contribution in [0.3, 0.4) is 0 Å². The van der Waals surface area contributed by atoms with Crippen LogP contribution in [0.25, 0.3) is 0 Å². The maximum absolute atomic E-state index is 13.7. The lowest BCUT2D eigenvalue weighted by Gasteiger charge is -2.31. The zero-order valence-corrected chi connectivity index (χ0v) is 19.7. The summed E-state index contributed by atoms with van der Waals surface area (Å²) in [6, 6.07) is 18.5. The zero-order valence-electron chi connectivity index (χ0n) is 19.7. The molecule has 178 valence electrons. The maximum Gasteiger partial charge on any atom is 0.294 e. The normalized spacial score (nSPS) is 12.1. The second-order valence-electron chi connectivity index (χ2n) is 9.13. The van der Waals surface area contributed by atoms with Crippen molar-refractivity contribution in [3.05, 3.63) is 114 Å². The largest absolute Gasteiger partial charge is 0.459 e. The topological polar surface area (TPSA) is 75.4 Å². The Hall–Kier alpha value is -4.26. The Balaban J connectivity index is 1.81. The Labute approximate surface area is 203 Å². The molecule has 1 unspecified atom stereocenters. The number of furan rings is 1. The van der Waals surface area contributed by atoms with Gasteiger partial charge in [-0.25, -0.2) is 4.39 Å². The molecule has 35 heavy (non-hydrogen) atoms. The van der Waals surface area contributed by atoms with E-state index in [1.54, 1.807) is 36.7 Å². The van der Waals surface area contributed by atoms with E-state index >= 15 is 0 Å². The van der Waals surface area contributed by atoms with E-state index in [9.17, 15) is 14.0 Å². The van der Waals surface area contributed by atoms with Gasteiger partial charge in [0.25, 0.3) is 11.8 Å². The fraction of sp³-hybridized carbons (Fsp3) is 0.179. The minimum Gasteiger partial charge on any atom is -0.459 e. The highest BCUT2D eigenvalue weighted by Crippen LogP contribution is 2.32. The molecule has 0 aliphatic rings. The highest BCUT2D eigenvalue weighted by molar-refractivity contribution is 6.10. The van der Waals surface area contributed by atoms with Gasteiger partial charge in [0.2, 0.25) is 0 Å². The zero-order chi connectivity index (χ0) is 25.0. The molecule has 2 amide bonds. The van der Waals surface area contributed by atoms with Gasteiger partial charge in [-0.1, -0.05) is 39.0 Å². The molecule has 0 aliphatic carbocycles. The van der Waals surface area contributed by atoms with Gasteiger partial charge in [0, 0.05) is 29.3 Å². The molecule has 0 spiro atoms. The van der Waals surface area contributed by atoms with Crippen LogP contribution in [0.15, 0.2) is 95.9 Å². The smallest absolute Gasteiger partial charge is 0.294 e. The van der Waals surface area contributed by atoms with Crippen molar-refractivity contribution in [3.8, 4) is 0 Å². The van der Waals surface area contributed by atoms with Crippen LogP contribution in [0.2, 0.25) is 0 Å². The monoisotopic (exact) mass is 471 g/mol. The third-order valence-electron chi connectivity index (χ3n) is 5.58. The number of carbonyl (C=O) groups is 2. The number of nitrogens with one attached hydrogen (secondary N) is 1. The van der Waals surface area contributed by atoms with Gasteiger partial charge in [-0.05, 0) is 65.6 Å². The number of pyridine rings is 1. The Morgan fingerprint density at radius 3 is 2.26 bits per heavy atom. The molecule has 6 nitrogen and oxygen atoms in total. The molecule has 0 saturated carbocycles. The first-order chi connectivity index (χ1) is 16.7. The van der Waals surface area contributed by atoms with E-state index in [4.69, 9.17) is 4.42 Å². The molecule has 1 N–H and O–H groups in total. The molecule has 4 aromatic rings. The quantitative estimate of drug-likeness (QED) is 0.367. The van der Waals surface area contributed by atoms with E-state index < -0.39 is 23.7 Å². The highest BCUT2D eigenvalue weighted by atomic mass is 19.1. The van der Waals surface area contributed by atoms with E-state index in [2.05, 4.69) is 31.1 Å². The number of amides is 2. The molecule has 0 fully saturated rings. The Bertz CT molecular complexity index is 1280. The van der Waals surface area contributed by atoms with Crippen molar-refractivity contribution in [1.29, 1.82) is 0 Å². The molecular formula is C28H26FN3O3. The van der Waals surface area contributed by atoms with Crippen molar-refractivity contribution in [2.75, 3.05) is 10.2 Å². The van der Waals surface area contributed by atoms with Crippen molar-refractivity contribution in [1.82, 2.24) is 4.98 Å². The third-order valence-corrected chi connectivity index (χ3v) is 5.58. The van der Waals surface area contributed by atoms with Gasteiger partial charge < -0.3 is 9.73 Å². The van der Waals surface area contributed by atoms with Gasteiger partial charge in [-0.3, -0.25) is 19.5 Å². The Morgan fingerprint density at radius 2 is 1.69 bits per heavy atom. The first-order valence-electron chi connectivity index (χ1n) is 11.2. The molecule has 0 aliphatic heterocycles. The fourth-order valence-corrected chi connectivity index (χ4v) is 3.72. The van der Waals surface area contributed by atoms with Crippen molar-refractivity contribution in [3.63, 3.8) is 0 Å². The lowest BCUT2D eigenvalue weighted by Crippen LogP contribution is -2.41. The second-order valence-corrected chi connectivity index (χ2v) is 9.13. The highest BCUT2D eigenvalue weighted by Gasteiger charge is 2.35. The van der Waals surface area contributed by atoms with Crippen LogP contribution < -0.4 is 10.2 Å². The van der Waals surface area contributed by atoms with Crippen LogP contribution in [-0.4, -0.2) is 16.8 Å². The molecule has 2 aromatic carbocycles. The predicted molar refractivity (Wildman–Crippen MR) is 133 cm³/mol. The molecule has 0 radical (unpaired) electrons. The predicted octanol–water partition coefficient (Wildman–Crippen LogP) is 6.14. The number of benzene rings is 2. The summed E-state index contributed by atoms with van der Waals surface area (Å²) in [5, 5.41) is 2.80. The van der Waals surface area contributed by atoms with Crippen LogP contribution in [0.1, 0.15) is 48.5 Å². The summed E-state index contributed by atoms with van der Waals surface area (Å²) in [5.74, 6) is -1.29. The number of nitrogens with zero attached hydrogens (tertiary/aromatic N) is 2. The van der Waals surface area contributed by atoms with Crippen molar-refractivity contribution in [2.45, 2.75) is 32.2 Å². The molecule has 2 aromatic heterocycles. The molecule has 2 heterocycles. The molecule has 0 saturated heterocycles. The molecule has 0 bridgehead atoms. The average molecular weight is 472 g/mol. The van der Waals surface area contributed by atoms with Crippen molar-refractivity contribution < 1.29 is 18.4 Å². The van der Waals surface area contributed by atoms with Gasteiger partial charge in [0.15, 0.2) is 5.76 Å². The Morgan fingerprint density at radius 1 is 0.971 bits per heavy atom. The minimum atomic E-state index is -1.08. The van der Waals surface area contributed by atoms with Crippen LogP contribution in [0.5, 0.6) is 0 Å². The van der Waals surface area contributed by atoms with Gasteiger partial charge in [0.1, 0.15) is 11.9 Å². The average Bonchev–Trinajstić information content (AvgIpc) is 3.39. The summed E-state index contributed by atoms with van der Waals surface area (Å²) < 4.78 is 18.8. The maximum atomic E-state index is 13.7. The third kappa shape index (κ3) is 5.46. The number of halogens is 1. The van der Waals surface area contributed by atoms with Gasteiger partial charge in [-0.2, -0.15) is 0 Å². The van der Waals surface area contributed by atoms with Gasteiger partial charge >= 0.3 is 0 Å². The first-order valence-corrected chi connectivity index (χ1v) is 11.2. The van der Waals surface area contributed by atoms with E-state index in [0.717, 1.165) is 5.56 Å². The standard InChI is InChI=1S/C28H26FN3O3/c1-28(2,3)20-8-14-23(15-9-20)32(27(34)24-7-5-17-35-24)25(19-6-4-16-30-18-19)26(33)31-22-12-10-21(29)11-13-22/h4-18,25H,1-3H3,(H,31,33). The lowest BCUT2D eigenvalue weighted by atomic mass is 9.87. The van der Waals surface area contributed by atoms with Crippen molar-refractivity contribution >= 4 is 23.2 Å². The SMILES string of the molecule is CC(C)(C)c1ccc(N(C(=O)c2ccco2)C(C(=O)Nc2ccc(F)cc2)c2cccnc2)cc1. The summed E-state index contributed by atoms with van der Waals surface area (Å²) >= 11 is 0. The number of anilines is 2. The van der Waals surface area contributed by atoms with E-state index in [1.807, 2.05) is 24.3 Å². The van der Waals surface area contributed by atoms with Crippen LogP contribution >= 0.6 is 0 Å². The fourth-order valence-electron chi connectivity index (χ4n) is 3.72. The van der Waals surface area contributed by atoms with Crippen LogP contribution in [0.4, 0.5) is 15.8 Å². The Kier molecular flexibility index (Phi) is 6.78. The molecule has 7 heteroatoms. The van der Waals surface area contributed by atoms with E-state index in [1.165, 1.54) is 35.4 Å². The van der Waals surface area contributed by atoms with E-state index in [0.29, 0.717) is 16.9 Å². The lowest BCUT2D eigenvalue weighted by molar-refractivity contribution is -0.117. The number of hydrogen-bond acceptors (Lipinski definition) is 4. The summed E-state index contributed by atoms with van der Waals surface area (Å²) in [6.45, 7) is 6.30. The van der Waals surface area contributed by atoms with Crippen molar-refractivity contribution in [2.24, 2.45) is 0 Å². The summed E-state index contributed by atoms with van der Waals surface area (Å²) in [4.78, 5) is 32.9. The summed E-state index contributed by atoms with van der Waals surface area (Å²) in [6.07, 6.45) is 4.54. The van der Waals surface area contributed by atoms with E-state index in [-0.39, 0.29) is 11.2 Å². The van der Waals surface area contributed by atoms with Gasteiger partial charge in [0.05, 0.1) is 6.26 Å². The minimum absolute atomic E-state index is 0.0862. The molecule has 4 rings (SSSR count). The molecular weight excluding hydrogens is 445 g/mol. The van der Waals surface area contributed by atoms with Crippen LogP contribution in [-0.2, 0) is 10.2 Å². The summed E-state index contributed by atoms with van der Waals surface area (Å²) in [7, 11) is 0. The van der Waals surface area contributed by atoms with Gasteiger partial charge in [-0.15, -0.1) is 0 Å². The number of carbonyl (C=O) groups excluding carboxylic acids is 2. The summed E-state index contributed by atoms with van der Waals surface area (Å²) in [5.41, 5.74) is 2.42. The molecule has 1 atom stereocenters. The second kappa shape index (κ2) is 9.93. The first kappa shape index (κ1) is 23.9. The number of rotatable bonds is 6. The number of hydrogen-bond donors (Lipinski definition) is 1. The number of aromatic nitrogens is 1. The van der Waals surface area contributed by atoms with Crippen LogP contribution in [0, 0.1) is 5.82 Å².